The SMILES string of the molecule is CC1CCOC(=O)c2c(O)cc(O)cc2/C=C/C[C@H](N)C(=O)C(=O)C1. The quantitative estimate of drug-likeness (QED) is 0.480. The number of ketones is 2. The third-order valence-corrected chi connectivity index (χ3v) is 4.01. The highest BCUT2D eigenvalue weighted by Gasteiger charge is 2.24. The van der Waals surface area contributed by atoms with Crippen molar-refractivity contribution in [3.8, 4) is 11.5 Å². The molecule has 1 aromatic rings. The van der Waals surface area contributed by atoms with Crippen molar-refractivity contribution in [3.63, 3.8) is 0 Å². The maximum atomic E-state index is 12.3. The van der Waals surface area contributed by atoms with Gasteiger partial charge in [-0.3, -0.25) is 9.59 Å². The first-order valence-electron chi connectivity index (χ1n) is 8.01. The zero-order valence-corrected chi connectivity index (χ0v) is 13.9. The van der Waals surface area contributed by atoms with E-state index in [2.05, 4.69) is 0 Å². The Morgan fingerprint density at radius 2 is 1.92 bits per heavy atom. The van der Waals surface area contributed by atoms with E-state index < -0.39 is 29.3 Å². The highest BCUT2D eigenvalue weighted by atomic mass is 16.5. The Hall–Kier alpha value is -2.67. The number of nitrogens with two attached hydrogens (primary N) is 1. The van der Waals surface area contributed by atoms with E-state index in [4.69, 9.17) is 10.5 Å². The van der Waals surface area contributed by atoms with Crippen LogP contribution in [0.25, 0.3) is 6.08 Å². The van der Waals surface area contributed by atoms with Gasteiger partial charge in [0.1, 0.15) is 17.1 Å². The molecule has 25 heavy (non-hydrogen) atoms. The van der Waals surface area contributed by atoms with Gasteiger partial charge in [-0.15, -0.1) is 0 Å². The van der Waals surface area contributed by atoms with Crippen molar-refractivity contribution in [1.82, 2.24) is 0 Å². The Kier molecular flexibility index (Phi) is 5.93. The van der Waals surface area contributed by atoms with Crippen molar-refractivity contribution in [2.45, 2.75) is 32.2 Å². The zero-order valence-electron chi connectivity index (χ0n) is 13.9. The number of phenolic OH excluding ortho intramolecular Hbond substituents is 2. The summed E-state index contributed by atoms with van der Waals surface area (Å²) in [6.45, 7) is 1.82. The predicted octanol–water partition coefficient (Wildman–Crippen LogP) is 1.55. The molecule has 0 saturated carbocycles. The molecule has 1 heterocycles. The Balaban J connectivity index is 2.38. The van der Waals surface area contributed by atoms with Gasteiger partial charge in [-0.25, -0.2) is 4.79 Å². The molecule has 4 N–H and O–H groups in total. The lowest BCUT2D eigenvalue weighted by Crippen LogP contribution is -2.36. The normalized spacial score (nSPS) is 24.2. The summed E-state index contributed by atoms with van der Waals surface area (Å²) < 4.78 is 5.15. The Labute approximate surface area is 145 Å². The molecule has 7 nitrogen and oxygen atoms in total. The van der Waals surface area contributed by atoms with E-state index >= 15 is 0 Å². The van der Waals surface area contributed by atoms with Gasteiger partial charge in [0.05, 0.1) is 12.6 Å². The van der Waals surface area contributed by atoms with E-state index in [0.717, 1.165) is 6.07 Å². The topological polar surface area (TPSA) is 127 Å². The summed E-state index contributed by atoms with van der Waals surface area (Å²) in [5.41, 5.74) is 5.92. The number of hydrogen-bond acceptors (Lipinski definition) is 7. The molecule has 1 aromatic carbocycles. The van der Waals surface area contributed by atoms with Gasteiger partial charge in [0.25, 0.3) is 0 Å². The number of phenols is 2. The second-order valence-electron chi connectivity index (χ2n) is 6.20. The minimum absolute atomic E-state index is 0.0387. The third kappa shape index (κ3) is 4.67. The first-order valence-corrected chi connectivity index (χ1v) is 8.01. The lowest BCUT2D eigenvalue weighted by molar-refractivity contribution is -0.137. The molecular weight excluding hydrogens is 326 g/mol. The highest BCUT2D eigenvalue weighted by molar-refractivity contribution is 6.39. The number of hydrogen-bond donors (Lipinski definition) is 3. The van der Waals surface area contributed by atoms with Crippen LogP contribution in [-0.2, 0) is 14.3 Å². The van der Waals surface area contributed by atoms with Crippen LogP contribution in [-0.4, -0.2) is 40.4 Å². The van der Waals surface area contributed by atoms with Gasteiger partial charge in [-0.2, -0.15) is 0 Å². The van der Waals surface area contributed by atoms with Crippen molar-refractivity contribution in [3.05, 3.63) is 29.3 Å². The number of ether oxygens (including phenoxy) is 1. The van der Waals surface area contributed by atoms with Crippen molar-refractivity contribution in [1.29, 1.82) is 0 Å². The molecule has 0 bridgehead atoms. The molecule has 0 radical (unpaired) electrons. The van der Waals surface area contributed by atoms with Gasteiger partial charge in [-0.05, 0) is 30.4 Å². The van der Waals surface area contributed by atoms with Gasteiger partial charge in [0.2, 0.25) is 5.78 Å². The molecule has 0 fully saturated rings. The number of carbonyl (C=O) groups excluding carboxylic acids is 3. The summed E-state index contributed by atoms with van der Waals surface area (Å²) in [6.07, 6.45) is 3.48. The van der Waals surface area contributed by atoms with Crippen LogP contribution in [0.4, 0.5) is 0 Å². The van der Waals surface area contributed by atoms with Crippen LogP contribution in [0.3, 0.4) is 0 Å². The number of cyclic esters (lactones) is 1. The maximum Gasteiger partial charge on any atom is 0.342 e. The van der Waals surface area contributed by atoms with Crippen LogP contribution in [0.2, 0.25) is 0 Å². The van der Waals surface area contributed by atoms with Crippen molar-refractivity contribution in [2.75, 3.05) is 6.61 Å². The number of esters is 1. The Bertz CT molecular complexity index is 725. The van der Waals surface area contributed by atoms with Crippen LogP contribution in [0.1, 0.15) is 42.1 Å². The summed E-state index contributed by atoms with van der Waals surface area (Å²) in [4.78, 5) is 36.2. The van der Waals surface area contributed by atoms with Crippen LogP contribution < -0.4 is 5.73 Å². The fourth-order valence-electron chi connectivity index (χ4n) is 2.59. The number of Topliss-reactive ketones (excluding diaryl/α,β-unsaturated/α-hetero) is 2. The predicted molar refractivity (Wildman–Crippen MR) is 90.1 cm³/mol. The van der Waals surface area contributed by atoms with Crippen LogP contribution in [0.5, 0.6) is 11.5 Å². The molecule has 7 heteroatoms. The lowest BCUT2D eigenvalue weighted by atomic mass is 9.95. The Morgan fingerprint density at radius 1 is 1.20 bits per heavy atom. The van der Waals surface area contributed by atoms with Crippen LogP contribution >= 0.6 is 0 Å². The largest absolute Gasteiger partial charge is 0.508 e. The van der Waals surface area contributed by atoms with Crippen LogP contribution in [0, 0.1) is 5.92 Å². The van der Waals surface area contributed by atoms with Crippen LogP contribution in [0.15, 0.2) is 18.2 Å². The summed E-state index contributed by atoms with van der Waals surface area (Å²) >= 11 is 0. The van der Waals surface area contributed by atoms with Gasteiger partial charge < -0.3 is 20.7 Å². The molecule has 0 aromatic heterocycles. The molecule has 1 aliphatic heterocycles. The molecule has 1 aliphatic rings. The second-order valence-corrected chi connectivity index (χ2v) is 6.20. The number of rotatable bonds is 0. The lowest BCUT2D eigenvalue weighted by Gasteiger charge is -2.14. The van der Waals surface area contributed by atoms with Gasteiger partial charge in [0, 0.05) is 12.5 Å². The van der Waals surface area contributed by atoms with E-state index in [9.17, 15) is 24.6 Å². The van der Waals surface area contributed by atoms with Gasteiger partial charge in [0.15, 0.2) is 5.78 Å². The Morgan fingerprint density at radius 3 is 2.64 bits per heavy atom. The first kappa shape index (κ1) is 18.7. The number of benzene rings is 1. The van der Waals surface area contributed by atoms with Crippen molar-refractivity contribution >= 4 is 23.6 Å². The fraction of sp³-hybridized carbons (Fsp3) is 0.389. The van der Waals surface area contributed by atoms with E-state index in [1.54, 1.807) is 6.92 Å². The molecule has 1 unspecified atom stereocenters. The molecule has 134 valence electrons. The average Bonchev–Trinajstić information content (AvgIpc) is 2.52. The number of aromatic hydroxyl groups is 2. The molecular formula is C18H21NO6. The van der Waals surface area contributed by atoms with E-state index in [1.165, 1.54) is 18.2 Å². The summed E-state index contributed by atoms with van der Waals surface area (Å²) in [5, 5.41) is 19.6. The summed E-state index contributed by atoms with van der Waals surface area (Å²) in [7, 11) is 0. The summed E-state index contributed by atoms with van der Waals surface area (Å²) in [6, 6.07) is 1.37. The minimum Gasteiger partial charge on any atom is -0.508 e. The minimum atomic E-state index is -0.972. The molecule has 0 saturated heterocycles. The first-order chi connectivity index (χ1) is 11.8. The third-order valence-electron chi connectivity index (χ3n) is 4.01. The molecule has 2 atom stereocenters. The molecule has 0 amide bonds. The number of carbonyl (C=O) groups is 3. The van der Waals surface area contributed by atoms with E-state index in [-0.39, 0.29) is 42.2 Å². The van der Waals surface area contributed by atoms with Gasteiger partial charge >= 0.3 is 5.97 Å². The smallest absolute Gasteiger partial charge is 0.342 e. The molecule has 2 rings (SSSR count). The van der Waals surface area contributed by atoms with E-state index in [1.807, 2.05) is 0 Å². The average molecular weight is 347 g/mol. The van der Waals surface area contributed by atoms with Gasteiger partial charge in [-0.1, -0.05) is 19.1 Å². The summed E-state index contributed by atoms with van der Waals surface area (Å²) in [5.74, 6) is -2.67. The van der Waals surface area contributed by atoms with E-state index in [0.29, 0.717) is 6.42 Å². The molecule has 0 spiro atoms. The molecule has 0 aliphatic carbocycles. The monoisotopic (exact) mass is 347 g/mol. The zero-order chi connectivity index (χ0) is 18.6. The standard InChI is InChI=1S/C18H21NO6/c1-10-5-6-25-18(24)16-11(8-12(20)9-14(16)21)3-2-4-13(19)17(23)15(22)7-10/h2-3,8-10,13,20-21H,4-7,19H2,1H3/b3-2+/t10?,13-/m0/s1. The second kappa shape index (κ2) is 7.94. The fourth-order valence-corrected chi connectivity index (χ4v) is 2.59. The highest BCUT2D eigenvalue weighted by Crippen LogP contribution is 2.29. The number of fused-ring (bicyclic) bond motifs is 1. The van der Waals surface area contributed by atoms with Crippen molar-refractivity contribution < 1.29 is 29.3 Å². The maximum absolute atomic E-state index is 12.3. The van der Waals surface area contributed by atoms with Crippen molar-refractivity contribution in [2.24, 2.45) is 11.7 Å².